The average Bonchev–Trinajstić information content (AvgIpc) is 2.61. The lowest BCUT2D eigenvalue weighted by molar-refractivity contribution is -0.126. The van der Waals surface area contributed by atoms with Crippen LogP contribution in [0.1, 0.15) is 45.9 Å². The standard InChI is InChI=1S/C20H24N4O/c1-13(2)14(3)23-19(25)20(4,5)16-8-6-15(7-9-16)18-12-22-11-17(10-21)24-18/h6-9,11-14H,1-5H3,(H,23,25)/t14-/m0/s1. The summed E-state index contributed by atoms with van der Waals surface area (Å²) >= 11 is 0. The third kappa shape index (κ3) is 4.21. The van der Waals surface area contributed by atoms with Crippen LogP contribution in [-0.2, 0) is 10.2 Å². The second kappa shape index (κ2) is 7.43. The molecule has 0 aliphatic carbocycles. The molecule has 130 valence electrons. The summed E-state index contributed by atoms with van der Waals surface area (Å²) in [6.45, 7) is 10.0. The van der Waals surface area contributed by atoms with Crippen molar-refractivity contribution in [2.24, 2.45) is 5.92 Å². The molecule has 0 radical (unpaired) electrons. The molecular weight excluding hydrogens is 312 g/mol. The lowest BCUT2D eigenvalue weighted by Gasteiger charge is -2.28. The van der Waals surface area contributed by atoms with Crippen molar-refractivity contribution in [1.29, 1.82) is 5.26 Å². The molecule has 1 atom stereocenters. The molecule has 0 unspecified atom stereocenters. The predicted molar refractivity (Wildman–Crippen MR) is 97.7 cm³/mol. The van der Waals surface area contributed by atoms with Gasteiger partial charge in [-0.1, -0.05) is 38.1 Å². The monoisotopic (exact) mass is 336 g/mol. The first-order valence-electron chi connectivity index (χ1n) is 8.39. The van der Waals surface area contributed by atoms with Gasteiger partial charge in [0.2, 0.25) is 5.91 Å². The molecule has 0 saturated carbocycles. The molecule has 5 nitrogen and oxygen atoms in total. The van der Waals surface area contributed by atoms with Crippen LogP contribution in [0.15, 0.2) is 36.7 Å². The zero-order valence-electron chi connectivity index (χ0n) is 15.4. The Hall–Kier alpha value is -2.74. The van der Waals surface area contributed by atoms with Crippen molar-refractivity contribution in [3.8, 4) is 17.3 Å². The Labute approximate surface area is 149 Å². The molecule has 0 aliphatic heterocycles. The van der Waals surface area contributed by atoms with E-state index in [2.05, 4.69) is 29.1 Å². The highest BCUT2D eigenvalue weighted by atomic mass is 16.2. The van der Waals surface area contributed by atoms with Crippen molar-refractivity contribution in [3.63, 3.8) is 0 Å². The fourth-order valence-corrected chi connectivity index (χ4v) is 2.30. The highest BCUT2D eigenvalue weighted by molar-refractivity contribution is 5.87. The molecule has 0 aliphatic rings. The van der Waals surface area contributed by atoms with Gasteiger partial charge in [-0.15, -0.1) is 0 Å². The Balaban J connectivity index is 2.23. The van der Waals surface area contributed by atoms with E-state index >= 15 is 0 Å². The second-order valence-corrected chi connectivity index (χ2v) is 7.11. The number of amides is 1. The van der Waals surface area contributed by atoms with Crippen molar-refractivity contribution in [2.75, 3.05) is 0 Å². The number of nitrogens with one attached hydrogen (secondary N) is 1. The first-order chi connectivity index (χ1) is 11.8. The highest BCUT2D eigenvalue weighted by Gasteiger charge is 2.31. The summed E-state index contributed by atoms with van der Waals surface area (Å²) in [5.74, 6) is 0.390. The Morgan fingerprint density at radius 1 is 1.16 bits per heavy atom. The van der Waals surface area contributed by atoms with Gasteiger partial charge >= 0.3 is 0 Å². The van der Waals surface area contributed by atoms with Gasteiger partial charge in [-0.3, -0.25) is 9.78 Å². The summed E-state index contributed by atoms with van der Waals surface area (Å²) in [5.41, 5.74) is 2.07. The Morgan fingerprint density at radius 2 is 1.80 bits per heavy atom. The number of hydrogen-bond donors (Lipinski definition) is 1. The summed E-state index contributed by atoms with van der Waals surface area (Å²) < 4.78 is 0. The lowest BCUT2D eigenvalue weighted by atomic mass is 9.82. The van der Waals surface area contributed by atoms with Crippen LogP contribution in [0.5, 0.6) is 0 Å². The largest absolute Gasteiger partial charge is 0.353 e. The zero-order valence-corrected chi connectivity index (χ0v) is 15.4. The van der Waals surface area contributed by atoms with Crippen LogP contribution in [0.3, 0.4) is 0 Å². The third-order valence-electron chi connectivity index (χ3n) is 4.58. The molecule has 0 bridgehead atoms. The van der Waals surface area contributed by atoms with E-state index in [0.29, 0.717) is 11.6 Å². The Morgan fingerprint density at radius 3 is 2.36 bits per heavy atom. The van der Waals surface area contributed by atoms with Gasteiger partial charge < -0.3 is 5.32 Å². The Bertz CT molecular complexity index is 788. The van der Waals surface area contributed by atoms with E-state index in [9.17, 15) is 4.79 Å². The molecular formula is C20H24N4O. The molecule has 1 amide bonds. The molecule has 2 rings (SSSR count). The van der Waals surface area contributed by atoms with E-state index < -0.39 is 5.41 Å². The SMILES string of the molecule is CC(C)[C@H](C)NC(=O)C(C)(C)c1ccc(-c2cncc(C#N)n2)cc1. The van der Waals surface area contributed by atoms with Crippen LogP contribution >= 0.6 is 0 Å². The van der Waals surface area contributed by atoms with Crippen LogP contribution in [0.4, 0.5) is 0 Å². The van der Waals surface area contributed by atoms with Crippen molar-refractivity contribution >= 4 is 5.91 Å². The van der Waals surface area contributed by atoms with Gasteiger partial charge in [0.1, 0.15) is 6.07 Å². The van der Waals surface area contributed by atoms with E-state index in [4.69, 9.17) is 5.26 Å². The molecule has 25 heavy (non-hydrogen) atoms. The fourth-order valence-electron chi connectivity index (χ4n) is 2.30. The van der Waals surface area contributed by atoms with Crippen molar-refractivity contribution in [1.82, 2.24) is 15.3 Å². The minimum atomic E-state index is -0.637. The third-order valence-corrected chi connectivity index (χ3v) is 4.58. The van der Waals surface area contributed by atoms with E-state index in [0.717, 1.165) is 11.1 Å². The average molecular weight is 336 g/mol. The van der Waals surface area contributed by atoms with Crippen LogP contribution in [0.25, 0.3) is 11.3 Å². The molecule has 0 fully saturated rings. The van der Waals surface area contributed by atoms with E-state index in [1.54, 1.807) is 6.20 Å². The predicted octanol–water partition coefficient (Wildman–Crippen LogP) is 3.45. The smallest absolute Gasteiger partial charge is 0.230 e. The van der Waals surface area contributed by atoms with Crippen LogP contribution in [0, 0.1) is 17.2 Å². The number of hydrogen-bond acceptors (Lipinski definition) is 4. The fraction of sp³-hybridized carbons (Fsp3) is 0.400. The maximum atomic E-state index is 12.6. The van der Waals surface area contributed by atoms with Crippen LogP contribution in [0.2, 0.25) is 0 Å². The second-order valence-electron chi connectivity index (χ2n) is 7.11. The molecule has 1 heterocycles. The maximum Gasteiger partial charge on any atom is 0.230 e. The molecule has 1 N–H and O–H groups in total. The minimum absolute atomic E-state index is 0.00715. The van der Waals surface area contributed by atoms with Gasteiger partial charge in [0.05, 0.1) is 23.5 Å². The number of carbonyl (C=O) groups is 1. The van der Waals surface area contributed by atoms with E-state index in [1.165, 1.54) is 6.20 Å². The Kier molecular flexibility index (Phi) is 5.53. The first-order valence-corrected chi connectivity index (χ1v) is 8.39. The van der Waals surface area contributed by atoms with Gasteiger partial charge in [-0.2, -0.15) is 5.26 Å². The summed E-state index contributed by atoms with van der Waals surface area (Å²) in [7, 11) is 0. The van der Waals surface area contributed by atoms with E-state index in [1.807, 2.05) is 51.1 Å². The quantitative estimate of drug-likeness (QED) is 0.907. The zero-order chi connectivity index (χ0) is 18.6. The number of aromatic nitrogens is 2. The molecule has 2 aromatic rings. The van der Waals surface area contributed by atoms with Crippen molar-refractivity contribution in [2.45, 2.75) is 46.1 Å². The molecule has 0 spiro atoms. The van der Waals surface area contributed by atoms with Crippen LogP contribution < -0.4 is 5.32 Å². The summed E-state index contributed by atoms with van der Waals surface area (Å²) in [5, 5.41) is 12.0. The number of rotatable bonds is 5. The highest BCUT2D eigenvalue weighted by Crippen LogP contribution is 2.26. The molecule has 1 aromatic carbocycles. The summed E-state index contributed by atoms with van der Waals surface area (Å²) in [6.07, 6.45) is 3.05. The van der Waals surface area contributed by atoms with Crippen molar-refractivity contribution < 1.29 is 4.79 Å². The summed E-state index contributed by atoms with van der Waals surface area (Å²) in [6, 6.07) is 9.77. The van der Waals surface area contributed by atoms with Gasteiger partial charge in [0.15, 0.2) is 5.69 Å². The van der Waals surface area contributed by atoms with Gasteiger partial charge in [0, 0.05) is 11.6 Å². The molecule has 5 heteroatoms. The van der Waals surface area contributed by atoms with Crippen LogP contribution in [-0.4, -0.2) is 21.9 Å². The number of nitriles is 1. The van der Waals surface area contributed by atoms with Gasteiger partial charge in [0.25, 0.3) is 0 Å². The van der Waals surface area contributed by atoms with Gasteiger partial charge in [-0.25, -0.2) is 4.98 Å². The van der Waals surface area contributed by atoms with E-state index in [-0.39, 0.29) is 17.6 Å². The topological polar surface area (TPSA) is 78.7 Å². The maximum absolute atomic E-state index is 12.6. The lowest BCUT2D eigenvalue weighted by Crippen LogP contribution is -2.45. The van der Waals surface area contributed by atoms with Crippen molar-refractivity contribution in [3.05, 3.63) is 47.9 Å². The number of carbonyl (C=O) groups excluding carboxylic acids is 1. The normalized spacial score (nSPS) is 12.5. The molecule has 0 saturated heterocycles. The number of nitrogens with zero attached hydrogens (tertiary/aromatic N) is 3. The van der Waals surface area contributed by atoms with Gasteiger partial charge in [-0.05, 0) is 32.3 Å². The first kappa shape index (κ1) is 18.6. The summed E-state index contributed by atoms with van der Waals surface area (Å²) in [4.78, 5) is 20.9. The minimum Gasteiger partial charge on any atom is -0.353 e. The number of benzene rings is 1. The molecule has 1 aromatic heterocycles.